The Hall–Kier alpha value is -1.15. The topological polar surface area (TPSA) is 93.4 Å². The van der Waals surface area contributed by atoms with Gasteiger partial charge in [-0.1, -0.05) is 13.3 Å². The third kappa shape index (κ3) is 5.56. The molecule has 0 spiro atoms. The number of unbranched alkanes of at least 4 members (excludes halogenated alkanes) is 1. The Bertz CT molecular complexity index is 460. The van der Waals surface area contributed by atoms with Crippen molar-refractivity contribution >= 4 is 15.7 Å². The number of nitrogens with one attached hydrogen (secondary N) is 2. The molecule has 108 valence electrons. The molecule has 0 unspecified atom stereocenters. The number of anilines is 1. The molecule has 0 fully saturated rings. The minimum Gasteiger partial charge on any atom is -0.380 e. The zero-order chi connectivity index (χ0) is 14.1. The van der Waals surface area contributed by atoms with Gasteiger partial charge in [0, 0.05) is 18.8 Å². The van der Waals surface area contributed by atoms with Gasteiger partial charge in [0.15, 0.2) is 0 Å². The second-order valence-corrected chi connectivity index (χ2v) is 5.80. The van der Waals surface area contributed by atoms with Crippen molar-refractivity contribution in [2.75, 3.05) is 25.2 Å². The van der Waals surface area contributed by atoms with Crippen LogP contribution in [-0.4, -0.2) is 28.2 Å². The molecule has 0 amide bonds. The molecule has 0 bridgehead atoms. The lowest BCUT2D eigenvalue weighted by molar-refractivity contribution is 0.136. The fourth-order valence-electron chi connectivity index (χ4n) is 1.41. The first kappa shape index (κ1) is 15.9. The quantitative estimate of drug-likeness (QED) is 0.359. The Labute approximate surface area is 114 Å². The van der Waals surface area contributed by atoms with E-state index in [1.807, 2.05) is 0 Å². The molecule has 1 aromatic carbocycles. The van der Waals surface area contributed by atoms with Crippen LogP contribution in [0.25, 0.3) is 0 Å². The van der Waals surface area contributed by atoms with Gasteiger partial charge in [-0.15, -0.1) is 0 Å². The molecule has 0 radical (unpaired) electrons. The molecule has 0 saturated heterocycles. The normalized spacial score (nSPS) is 11.5. The Morgan fingerprint density at radius 1 is 1.21 bits per heavy atom. The predicted molar refractivity (Wildman–Crippen MR) is 75.2 cm³/mol. The number of sulfonamides is 1. The Morgan fingerprint density at radius 2 is 1.89 bits per heavy atom. The SMILES string of the molecule is CCCCOCCNS(=O)(=O)c1ccc(NN)cc1. The number of hydrogen-bond donors (Lipinski definition) is 3. The smallest absolute Gasteiger partial charge is 0.240 e. The highest BCUT2D eigenvalue weighted by Crippen LogP contribution is 2.12. The van der Waals surface area contributed by atoms with Crippen molar-refractivity contribution in [2.24, 2.45) is 5.84 Å². The number of rotatable bonds is 9. The molecule has 6 nitrogen and oxygen atoms in total. The van der Waals surface area contributed by atoms with Crippen LogP contribution >= 0.6 is 0 Å². The first-order valence-electron chi connectivity index (χ1n) is 6.24. The largest absolute Gasteiger partial charge is 0.380 e. The standard InChI is InChI=1S/C12H21N3O3S/c1-2-3-9-18-10-8-14-19(16,17)12-6-4-11(15-13)5-7-12/h4-7,14-15H,2-3,8-10,13H2,1H3. The Morgan fingerprint density at radius 3 is 2.47 bits per heavy atom. The lowest BCUT2D eigenvalue weighted by Crippen LogP contribution is -2.27. The van der Waals surface area contributed by atoms with Crippen LogP contribution in [0.5, 0.6) is 0 Å². The van der Waals surface area contributed by atoms with Gasteiger partial charge in [-0.2, -0.15) is 0 Å². The maximum absolute atomic E-state index is 11.9. The van der Waals surface area contributed by atoms with Crippen LogP contribution < -0.4 is 16.0 Å². The van der Waals surface area contributed by atoms with E-state index < -0.39 is 10.0 Å². The number of hydrogen-bond acceptors (Lipinski definition) is 5. The zero-order valence-corrected chi connectivity index (χ0v) is 11.9. The van der Waals surface area contributed by atoms with Crippen molar-refractivity contribution in [2.45, 2.75) is 24.7 Å². The molecule has 0 heterocycles. The van der Waals surface area contributed by atoms with E-state index in [0.29, 0.717) is 18.9 Å². The van der Waals surface area contributed by atoms with Gasteiger partial charge in [0.1, 0.15) is 0 Å². The van der Waals surface area contributed by atoms with Gasteiger partial charge in [-0.25, -0.2) is 13.1 Å². The highest BCUT2D eigenvalue weighted by molar-refractivity contribution is 7.89. The van der Waals surface area contributed by atoms with E-state index in [1.54, 1.807) is 12.1 Å². The van der Waals surface area contributed by atoms with Gasteiger partial charge < -0.3 is 10.2 Å². The molecule has 0 atom stereocenters. The summed E-state index contributed by atoms with van der Waals surface area (Å²) in [6.45, 7) is 3.38. The van der Waals surface area contributed by atoms with Crippen molar-refractivity contribution in [1.29, 1.82) is 0 Å². The van der Waals surface area contributed by atoms with Gasteiger partial charge in [0.05, 0.1) is 11.5 Å². The third-order valence-electron chi connectivity index (χ3n) is 2.51. The molecule has 0 aliphatic heterocycles. The van der Waals surface area contributed by atoms with Crippen molar-refractivity contribution in [1.82, 2.24) is 4.72 Å². The highest BCUT2D eigenvalue weighted by Gasteiger charge is 2.12. The average molecular weight is 287 g/mol. The van der Waals surface area contributed by atoms with Gasteiger partial charge >= 0.3 is 0 Å². The summed E-state index contributed by atoms with van der Waals surface area (Å²) in [5, 5.41) is 0. The van der Waals surface area contributed by atoms with Crippen molar-refractivity contribution in [3.05, 3.63) is 24.3 Å². The van der Waals surface area contributed by atoms with Gasteiger partial charge in [0.2, 0.25) is 10.0 Å². The zero-order valence-electron chi connectivity index (χ0n) is 11.1. The van der Waals surface area contributed by atoms with Crippen LogP contribution in [0, 0.1) is 0 Å². The number of nitrogens with two attached hydrogens (primary N) is 1. The monoisotopic (exact) mass is 287 g/mol. The molecule has 0 aliphatic rings. The molecule has 0 aliphatic carbocycles. The van der Waals surface area contributed by atoms with Gasteiger partial charge in [0.25, 0.3) is 0 Å². The van der Waals surface area contributed by atoms with Crippen LogP contribution in [0.3, 0.4) is 0 Å². The molecule has 1 aromatic rings. The van der Waals surface area contributed by atoms with Gasteiger partial charge in [-0.05, 0) is 30.7 Å². The molecule has 4 N–H and O–H groups in total. The van der Waals surface area contributed by atoms with E-state index in [-0.39, 0.29) is 11.4 Å². The van der Waals surface area contributed by atoms with Crippen LogP contribution in [0.1, 0.15) is 19.8 Å². The van der Waals surface area contributed by atoms with Crippen molar-refractivity contribution in [3.8, 4) is 0 Å². The summed E-state index contributed by atoms with van der Waals surface area (Å²) >= 11 is 0. The summed E-state index contributed by atoms with van der Waals surface area (Å²) in [5.74, 6) is 5.22. The van der Waals surface area contributed by atoms with Crippen molar-refractivity contribution < 1.29 is 13.2 Å². The number of nitrogen functional groups attached to an aromatic ring is 1. The van der Waals surface area contributed by atoms with Crippen LogP contribution in [0.15, 0.2) is 29.2 Å². The number of ether oxygens (including phenoxy) is 1. The molecular formula is C12H21N3O3S. The second-order valence-electron chi connectivity index (χ2n) is 4.03. The van der Waals surface area contributed by atoms with E-state index in [4.69, 9.17) is 10.6 Å². The molecule has 7 heteroatoms. The van der Waals surface area contributed by atoms with Crippen LogP contribution in [-0.2, 0) is 14.8 Å². The minimum atomic E-state index is -3.48. The number of benzene rings is 1. The Balaban J connectivity index is 2.42. The fourth-order valence-corrected chi connectivity index (χ4v) is 2.42. The maximum atomic E-state index is 11.9. The summed E-state index contributed by atoms with van der Waals surface area (Å²) in [6.07, 6.45) is 2.05. The summed E-state index contributed by atoms with van der Waals surface area (Å²) < 4.78 is 31.6. The van der Waals surface area contributed by atoms with Gasteiger partial charge in [-0.3, -0.25) is 5.84 Å². The summed E-state index contributed by atoms with van der Waals surface area (Å²) in [7, 11) is -3.48. The van der Waals surface area contributed by atoms with E-state index >= 15 is 0 Å². The molecule has 1 rings (SSSR count). The molecular weight excluding hydrogens is 266 g/mol. The Kier molecular flexibility index (Phi) is 6.79. The summed E-state index contributed by atoms with van der Waals surface area (Å²) in [6, 6.07) is 6.20. The van der Waals surface area contributed by atoms with Crippen LogP contribution in [0.4, 0.5) is 5.69 Å². The van der Waals surface area contributed by atoms with E-state index in [9.17, 15) is 8.42 Å². The summed E-state index contributed by atoms with van der Waals surface area (Å²) in [4.78, 5) is 0.208. The second kappa shape index (κ2) is 8.11. The third-order valence-corrected chi connectivity index (χ3v) is 3.99. The molecule has 19 heavy (non-hydrogen) atoms. The minimum absolute atomic E-state index is 0.208. The fraction of sp³-hybridized carbons (Fsp3) is 0.500. The first-order valence-corrected chi connectivity index (χ1v) is 7.72. The highest BCUT2D eigenvalue weighted by atomic mass is 32.2. The van der Waals surface area contributed by atoms with E-state index in [2.05, 4.69) is 17.1 Å². The first-order chi connectivity index (χ1) is 9.10. The number of hydrazine groups is 1. The predicted octanol–water partition coefficient (Wildman–Crippen LogP) is 1.07. The maximum Gasteiger partial charge on any atom is 0.240 e. The van der Waals surface area contributed by atoms with E-state index in [1.165, 1.54) is 12.1 Å². The lowest BCUT2D eigenvalue weighted by atomic mass is 10.3. The van der Waals surface area contributed by atoms with Crippen molar-refractivity contribution in [3.63, 3.8) is 0 Å². The van der Waals surface area contributed by atoms with E-state index in [0.717, 1.165) is 12.8 Å². The molecule has 0 saturated carbocycles. The summed E-state index contributed by atoms with van der Waals surface area (Å²) in [5.41, 5.74) is 3.10. The molecule has 0 aromatic heterocycles. The average Bonchev–Trinajstić information content (AvgIpc) is 2.43. The lowest BCUT2D eigenvalue weighted by Gasteiger charge is -2.08. The van der Waals surface area contributed by atoms with Crippen LogP contribution in [0.2, 0.25) is 0 Å².